The van der Waals surface area contributed by atoms with Crippen molar-refractivity contribution in [2.75, 3.05) is 5.32 Å². The number of nitrogens with zero attached hydrogens (tertiary/aromatic N) is 1. The second-order valence-electron chi connectivity index (χ2n) is 8.38. The molecule has 5 aliphatic rings. The van der Waals surface area contributed by atoms with Crippen LogP contribution in [0.4, 0.5) is 5.69 Å². The monoisotopic (exact) mass is 364 g/mol. The van der Waals surface area contributed by atoms with Gasteiger partial charge in [-0.15, -0.1) is 0 Å². The van der Waals surface area contributed by atoms with Crippen molar-refractivity contribution in [2.45, 2.75) is 32.7 Å². The lowest BCUT2D eigenvalue weighted by atomic mass is 9.63. The molecule has 4 aliphatic carbocycles. The van der Waals surface area contributed by atoms with E-state index in [2.05, 4.69) is 17.5 Å². The van der Waals surface area contributed by atoms with Crippen LogP contribution in [0.25, 0.3) is 0 Å². The van der Waals surface area contributed by atoms with Gasteiger partial charge in [0.2, 0.25) is 17.7 Å². The number of imide groups is 1. The highest BCUT2D eigenvalue weighted by atomic mass is 16.2. The maximum Gasteiger partial charge on any atom is 0.247 e. The van der Waals surface area contributed by atoms with Crippen molar-refractivity contribution >= 4 is 23.4 Å². The first-order valence-electron chi connectivity index (χ1n) is 9.97. The molecule has 2 saturated carbocycles. The summed E-state index contributed by atoms with van der Waals surface area (Å²) < 4.78 is 0. The summed E-state index contributed by atoms with van der Waals surface area (Å²) in [6.07, 6.45) is 6.24. The highest BCUT2D eigenvalue weighted by Gasteiger charge is 2.67. The van der Waals surface area contributed by atoms with Gasteiger partial charge in [0.1, 0.15) is 6.04 Å². The van der Waals surface area contributed by atoms with Crippen LogP contribution in [0.3, 0.4) is 0 Å². The molecule has 1 aromatic carbocycles. The zero-order chi connectivity index (χ0) is 18.9. The predicted molar refractivity (Wildman–Crippen MR) is 100 cm³/mol. The van der Waals surface area contributed by atoms with E-state index in [4.69, 9.17) is 0 Å². The van der Waals surface area contributed by atoms with E-state index >= 15 is 0 Å². The molecular weight excluding hydrogens is 340 g/mol. The van der Waals surface area contributed by atoms with Gasteiger partial charge in [-0.2, -0.15) is 0 Å². The molecule has 1 saturated heterocycles. The standard InChI is InChI=1S/C22H24N2O3/c1-3-12-6-4-5-7-17(12)23-20(25)11(2)24-21(26)18-13-8-9-14(16-10-15(13)16)19(18)22(24)27/h4-9,11,13-16,18-19H,3,10H2,1-2H3,(H,23,25)/t11-,13-,14-,15-,16-,18-,19+/m0/s1. The SMILES string of the molecule is CCc1ccccc1NC(=O)[C@H](C)N1C(=O)[C@@H]2[C@H]3C=C[C@@H]([C@@H]4C[C@@H]34)[C@@H]2C1=O. The maximum absolute atomic E-state index is 13.1. The number of carbonyl (C=O) groups is 3. The van der Waals surface area contributed by atoms with Crippen LogP contribution in [0.5, 0.6) is 0 Å². The quantitative estimate of drug-likeness (QED) is 0.660. The van der Waals surface area contributed by atoms with Crippen LogP contribution in [0.15, 0.2) is 36.4 Å². The Kier molecular flexibility index (Phi) is 3.58. The molecule has 1 aromatic rings. The summed E-state index contributed by atoms with van der Waals surface area (Å²) in [6.45, 7) is 3.69. The van der Waals surface area contributed by atoms with E-state index in [0.29, 0.717) is 11.8 Å². The Morgan fingerprint density at radius 3 is 2.30 bits per heavy atom. The number of benzene rings is 1. The van der Waals surface area contributed by atoms with Gasteiger partial charge in [0.25, 0.3) is 0 Å². The van der Waals surface area contributed by atoms with Crippen LogP contribution in [0.1, 0.15) is 25.8 Å². The number of rotatable bonds is 4. The summed E-state index contributed by atoms with van der Waals surface area (Å²) in [5.41, 5.74) is 1.78. The van der Waals surface area contributed by atoms with Gasteiger partial charge in [-0.1, -0.05) is 37.3 Å². The van der Waals surface area contributed by atoms with Crippen LogP contribution >= 0.6 is 0 Å². The fourth-order valence-corrected chi connectivity index (χ4v) is 5.67. The first-order valence-corrected chi connectivity index (χ1v) is 9.97. The van der Waals surface area contributed by atoms with Gasteiger partial charge in [0, 0.05) is 5.69 Å². The molecule has 1 N–H and O–H groups in total. The van der Waals surface area contributed by atoms with Crippen molar-refractivity contribution < 1.29 is 14.4 Å². The number of para-hydroxylation sites is 1. The summed E-state index contributed by atoms with van der Waals surface area (Å²) >= 11 is 0. The highest BCUT2D eigenvalue weighted by molar-refractivity contribution is 6.10. The lowest BCUT2D eigenvalue weighted by molar-refractivity contribution is -0.146. The average Bonchev–Trinajstić information content (AvgIpc) is 3.45. The third-order valence-corrected chi connectivity index (χ3v) is 7.12. The van der Waals surface area contributed by atoms with Gasteiger partial charge >= 0.3 is 0 Å². The third-order valence-electron chi connectivity index (χ3n) is 7.12. The molecule has 1 heterocycles. The minimum Gasteiger partial charge on any atom is -0.324 e. The van der Waals surface area contributed by atoms with Crippen molar-refractivity contribution in [3.05, 3.63) is 42.0 Å². The molecule has 1 aliphatic heterocycles. The first-order chi connectivity index (χ1) is 13.0. The topological polar surface area (TPSA) is 66.5 Å². The summed E-state index contributed by atoms with van der Waals surface area (Å²) in [5.74, 6) is 0.384. The van der Waals surface area contributed by atoms with Gasteiger partial charge in [0.05, 0.1) is 11.8 Å². The Bertz CT molecular complexity index is 840. The Morgan fingerprint density at radius 2 is 1.70 bits per heavy atom. The van der Waals surface area contributed by atoms with Gasteiger partial charge < -0.3 is 5.32 Å². The van der Waals surface area contributed by atoms with Gasteiger partial charge in [-0.25, -0.2) is 0 Å². The largest absolute Gasteiger partial charge is 0.324 e. The van der Waals surface area contributed by atoms with Crippen molar-refractivity contribution in [2.24, 2.45) is 35.5 Å². The molecule has 7 atom stereocenters. The van der Waals surface area contributed by atoms with E-state index in [9.17, 15) is 14.4 Å². The smallest absolute Gasteiger partial charge is 0.247 e. The molecule has 3 fully saturated rings. The number of anilines is 1. The third kappa shape index (κ3) is 2.27. The van der Waals surface area contributed by atoms with Crippen LogP contribution in [-0.2, 0) is 20.8 Å². The minimum absolute atomic E-state index is 0.152. The lowest BCUT2D eigenvalue weighted by Crippen LogP contribution is -2.46. The molecule has 140 valence electrons. The summed E-state index contributed by atoms with van der Waals surface area (Å²) in [6, 6.07) is 6.83. The zero-order valence-corrected chi connectivity index (χ0v) is 15.6. The molecule has 0 spiro atoms. The molecule has 0 aromatic heterocycles. The number of allylic oxidation sites excluding steroid dienone is 2. The normalized spacial score (nSPS) is 36.4. The Hall–Kier alpha value is -2.43. The van der Waals surface area contributed by atoms with Crippen LogP contribution in [0, 0.1) is 35.5 Å². The maximum atomic E-state index is 13.1. The lowest BCUT2D eigenvalue weighted by Gasteiger charge is -2.37. The fraction of sp³-hybridized carbons (Fsp3) is 0.500. The van der Waals surface area contributed by atoms with Crippen molar-refractivity contribution in [3.63, 3.8) is 0 Å². The van der Waals surface area contributed by atoms with Crippen LogP contribution < -0.4 is 5.32 Å². The molecule has 3 amide bonds. The number of aryl methyl sites for hydroxylation is 1. The van der Waals surface area contributed by atoms with Crippen molar-refractivity contribution in [1.82, 2.24) is 4.90 Å². The molecule has 5 nitrogen and oxygen atoms in total. The van der Waals surface area contributed by atoms with Crippen molar-refractivity contribution in [1.29, 1.82) is 0 Å². The van der Waals surface area contributed by atoms with Gasteiger partial charge in [-0.3, -0.25) is 19.3 Å². The number of hydrogen-bond acceptors (Lipinski definition) is 3. The Labute approximate surface area is 158 Å². The second kappa shape index (κ2) is 5.78. The van der Waals surface area contributed by atoms with E-state index in [-0.39, 0.29) is 41.4 Å². The summed E-state index contributed by atoms with van der Waals surface area (Å²) in [4.78, 5) is 40.3. The number of likely N-dealkylation sites (tertiary alicyclic amines) is 1. The molecule has 6 rings (SSSR count). The average molecular weight is 364 g/mol. The molecule has 2 bridgehead atoms. The molecule has 0 radical (unpaired) electrons. The zero-order valence-electron chi connectivity index (χ0n) is 15.6. The van der Waals surface area contributed by atoms with Crippen molar-refractivity contribution in [3.8, 4) is 0 Å². The first kappa shape index (κ1) is 16.7. The fourth-order valence-electron chi connectivity index (χ4n) is 5.67. The number of amides is 3. The van der Waals surface area contributed by atoms with E-state index in [1.54, 1.807) is 6.92 Å². The predicted octanol–water partition coefficient (Wildman–Crippen LogP) is 2.63. The van der Waals surface area contributed by atoms with E-state index in [1.807, 2.05) is 31.2 Å². The van der Waals surface area contributed by atoms with E-state index in [0.717, 1.165) is 24.1 Å². The molecule has 0 unspecified atom stereocenters. The molecule has 27 heavy (non-hydrogen) atoms. The number of nitrogens with one attached hydrogen (secondary N) is 1. The Morgan fingerprint density at radius 1 is 1.11 bits per heavy atom. The highest BCUT2D eigenvalue weighted by Crippen LogP contribution is 2.65. The van der Waals surface area contributed by atoms with Crippen LogP contribution in [0.2, 0.25) is 0 Å². The number of carbonyl (C=O) groups excluding carboxylic acids is 3. The molecular formula is C22H24N2O3. The molecule has 5 heteroatoms. The summed E-state index contributed by atoms with van der Waals surface area (Å²) in [5, 5.41) is 2.92. The number of hydrogen-bond donors (Lipinski definition) is 1. The van der Waals surface area contributed by atoms with Gasteiger partial charge in [-0.05, 0) is 55.1 Å². The van der Waals surface area contributed by atoms with E-state index < -0.39 is 6.04 Å². The summed E-state index contributed by atoms with van der Waals surface area (Å²) in [7, 11) is 0. The Balaban J connectivity index is 1.38. The van der Waals surface area contributed by atoms with Gasteiger partial charge in [0.15, 0.2) is 0 Å². The van der Waals surface area contributed by atoms with Crippen LogP contribution in [-0.4, -0.2) is 28.7 Å². The second-order valence-corrected chi connectivity index (χ2v) is 8.38. The minimum atomic E-state index is -0.795. The van der Waals surface area contributed by atoms with E-state index in [1.165, 1.54) is 4.90 Å².